The Bertz CT molecular complexity index is 1470. The molecule has 0 spiro atoms. The summed E-state index contributed by atoms with van der Waals surface area (Å²) in [5, 5.41) is 0. The summed E-state index contributed by atoms with van der Waals surface area (Å²) in [6.07, 6.45) is -2.10. The van der Waals surface area contributed by atoms with Crippen LogP contribution in [0.1, 0.15) is 28.7 Å². The van der Waals surface area contributed by atoms with Gasteiger partial charge in [0.2, 0.25) is 10.0 Å². The molecule has 42 heavy (non-hydrogen) atoms. The summed E-state index contributed by atoms with van der Waals surface area (Å²) < 4.78 is 54.7. The van der Waals surface area contributed by atoms with Crippen LogP contribution in [0.25, 0.3) is 0 Å². The van der Waals surface area contributed by atoms with E-state index in [0.717, 1.165) is 22.3 Å². The van der Waals surface area contributed by atoms with Gasteiger partial charge in [-0.05, 0) is 35.7 Å². The molecule has 4 aromatic rings. The number of benzene rings is 4. The second-order valence-corrected chi connectivity index (χ2v) is 12.1. The molecule has 1 aliphatic rings. The molecule has 8 heteroatoms. The molecule has 7 nitrogen and oxygen atoms in total. The largest absolute Gasteiger partial charge is 0.374 e. The second kappa shape index (κ2) is 14.7. The first-order valence-corrected chi connectivity index (χ1v) is 15.6. The van der Waals surface area contributed by atoms with Gasteiger partial charge in [-0.15, -0.1) is 0 Å². The molecule has 0 aromatic heterocycles. The number of hydrogen-bond donors (Lipinski definition) is 1. The normalized spacial score (nSPS) is 20.8. The van der Waals surface area contributed by atoms with E-state index in [1.54, 1.807) is 24.3 Å². The van der Waals surface area contributed by atoms with E-state index in [4.69, 9.17) is 18.9 Å². The monoisotopic (exact) mass is 587 g/mol. The molecule has 1 aliphatic heterocycles. The predicted molar refractivity (Wildman–Crippen MR) is 161 cm³/mol. The highest BCUT2D eigenvalue weighted by molar-refractivity contribution is 7.89. The zero-order valence-electron chi connectivity index (χ0n) is 23.7. The van der Waals surface area contributed by atoms with Gasteiger partial charge in [0.25, 0.3) is 0 Å². The van der Waals surface area contributed by atoms with Crippen molar-refractivity contribution in [3.8, 4) is 0 Å². The third kappa shape index (κ3) is 8.58. The molecule has 1 heterocycles. The summed E-state index contributed by atoms with van der Waals surface area (Å²) in [5.74, 6) is 0. The zero-order chi connectivity index (χ0) is 29.2. The maximum atomic E-state index is 13.3. The lowest BCUT2D eigenvalue weighted by atomic mass is 10.00. The molecule has 5 rings (SSSR count). The van der Waals surface area contributed by atoms with Gasteiger partial charge in [0.1, 0.15) is 18.4 Å². The second-order valence-electron chi connectivity index (χ2n) is 10.4. The van der Waals surface area contributed by atoms with Crippen molar-refractivity contribution in [3.05, 3.63) is 138 Å². The van der Waals surface area contributed by atoms with Crippen LogP contribution in [-0.2, 0) is 48.8 Å². The van der Waals surface area contributed by atoms with Crippen LogP contribution in [0.3, 0.4) is 0 Å². The molecule has 0 saturated carbocycles. The van der Waals surface area contributed by atoms with E-state index in [9.17, 15) is 8.42 Å². The standard InChI is InChI=1S/C34H37NO6S/c1-26-17-19-30(20-18-26)42(36,37)35-33-21-31(39-23-28-13-7-3-8-14-28)34(40-24-29-15-9-4-10-16-29)32(41-33)25-38-22-27-11-5-2-6-12-27/h2-20,31-35H,21-25H2,1H3/t31-,32-,33-,34+/m1/s1. The highest BCUT2D eigenvalue weighted by Crippen LogP contribution is 2.28. The first kappa shape index (κ1) is 30.1. The summed E-state index contributed by atoms with van der Waals surface area (Å²) in [7, 11) is -3.84. The van der Waals surface area contributed by atoms with Crippen LogP contribution in [0.15, 0.2) is 120 Å². The van der Waals surface area contributed by atoms with Crippen molar-refractivity contribution in [3.63, 3.8) is 0 Å². The number of rotatable bonds is 13. The van der Waals surface area contributed by atoms with Crippen LogP contribution in [0, 0.1) is 6.92 Å². The van der Waals surface area contributed by atoms with Crippen LogP contribution >= 0.6 is 0 Å². The molecule has 0 radical (unpaired) electrons. The third-order valence-electron chi connectivity index (χ3n) is 7.12. The van der Waals surface area contributed by atoms with E-state index in [1.807, 2.05) is 97.9 Å². The highest BCUT2D eigenvalue weighted by Gasteiger charge is 2.42. The molecule has 0 amide bonds. The van der Waals surface area contributed by atoms with Gasteiger partial charge in [0, 0.05) is 6.42 Å². The molecule has 0 bridgehead atoms. The number of hydrogen-bond acceptors (Lipinski definition) is 6. The Morgan fingerprint density at radius 1 is 0.714 bits per heavy atom. The van der Waals surface area contributed by atoms with Crippen LogP contribution in [0.4, 0.5) is 0 Å². The maximum Gasteiger partial charge on any atom is 0.242 e. The average molecular weight is 588 g/mol. The molecular weight excluding hydrogens is 550 g/mol. The first-order chi connectivity index (χ1) is 20.5. The van der Waals surface area contributed by atoms with Gasteiger partial charge in [0.05, 0.1) is 37.4 Å². The quantitative estimate of drug-likeness (QED) is 0.214. The lowest BCUT2D eigenvalue weighted by molar-refractivity contribution is -0.222. The average Bonchev–Trinajstić information content (AvgIpc) is 3.01. The van der Waals surface area contributed by atoms with Gasteiger partial charge in [-0.1, -0.05) is 109 Å². The topological polar surface area (TPSA) is 83.1 Å². The summed E-state index contributed by atoms with van der Waals surface area (Å²) in [6.45, 7) is 3.21. The van der Waals surface area contributed by atoms with Crippen molar-refractivity contribution in [2.45, 2.75) is 62.6 Å². The number of sulfonamides is 1. The maximum absolute atomic E-state index is 13.3. The number of ether oxygens (including phenoxy) is 4. The fraction of sp³-hybridized carbons (Fsp3) is 0.294. The van der Waals surface area contributed by atoms with Gasteiger partial charge < -0.3 is 18.9 Å². The lowest BCUT2D eigenvalue weighted by Crippen LogP contribution is -2.56. The summed E-state index contributed by atoms with van der Waals surface area (Å²) in [6, 6.07) is 36.4. The van der Waals surface area contributed by atoms with Crippen molar-refractivity contribution in [1.29, 1.82) is 0 Å². The Balaban J connectivity index is 1.36. The minimum absolute atomic E-state index is 0.179. The molecule has 4 atom stereocenters. The molecular formula is C34H37NO6S. The Kier molecular flexibility index (Phi) is 10.5. The van der Waals surface area contributed by atoms with E-state index >= 15 is 0 Å². The van der Waals surface area contributed by atoms with Crippen molar-refractivity contribution in [2.75, 3.05) is 6.61 Å². The smallest absolute Gasteiger partial charge is 0.242 e. The Morgan fingerprint density at radius 2 is 1.24 bits per heavy atom. The van der Waals surface area contributed by atoms with E-state index in [-0.39, 0.29) is 17.9 Å². The number of aryl methyl sites for hydroxylation is 1. The molecule has 0 aliphatic carbocycles. The van der Waals surface area contributed by atoms with Gasteiger partial charge in [0.15, 0.2) is 0 Å². The van der Waals surface area contributed by atoms with Crippen LogP contribution < -0.4 is 4.72 Å². The van der Waals surface area contributed by atoms with Crippen LogP contribution in [0.2, 0.25) is 0 Å². The molecule has 1 saturated heterocycles. The van der Waals surface area contributed by atoms with Crippen molar-refractivity contribution < 1.29 is 27.4 Å². The summed E-state index contributed by atoms with van der Waals surface area (Å²) in [4.78, 5) is 0.179. The summed E-state index contributed by atoms with van der Waals surface area (Å²) in [5.41, 5.74) is 4.04. The molecule has 1 fully saturated rings. The Morgan fingerprint density at radius 3 is 1.81 bits per heavy atom. The minimum atomic E-state index is -3.84. The summed E-state index contributed by atoms with van der Waals surface area (Å²) >= 11 is 0. The van der Waals surface area contributed by atoms with Crippen molar-refractivity contribution in [1.82, 2.24) is 4.72 Å². The fourth-order valence-corrected chi connectivity index (χ4v) is 6.01. The van der Waals surface area contributed by atoms with E-state index in [1.165, 1.54) is 0 Å². The predicted octanol–water partition coefficient (Wildman–Crippen LogP) is 5.78. The van der Waals surface area contributed by atoms with Gasteiger partial charge in [-0.25, -0.2) is 8.42 Å². The van der Waals surface area contributed by atoms with Crippen molar-refractivity contribution in [2.24, 2.45) is 0 Å². The molecule has 4 aromatic carbocycles. The SMILES string of the molecule is Cc1ccc(S(=O)(=O)N[C@H]2C[C@@H](OCc3ccccc3)[C@H](OCc3ccccc3)[C@@H](COCc3ccccc3)O2)cc1. The third-order valence-corrected chi connectivity index (χ3v) is 8.59. The fourth-order valence-electron chi connectivity index (χ4n) is 4.89. The lowest BCUT2D eigenvalue weighted by Gasteiger charge is -2.41. The highest BCUT2D eigenvalue weighted by atomic mass is 32.2. The van der Waals surface area contributed by atoms with E-state index in [0.29, 0.717) is 19.8 Å². The van der Waals surface area contributed by atoms with E-state index < -0.39 is 34.6 Å². The van der Waals surface area contributed by atoms with Crippen LogP contribution in [-0.4, -0.2) is 39.6 Å². The Labute approximate surface area is 248 Å². The zero-order valence-corrected chi connectivity index (χ0v) is 24.5. The van der Waals surface area contributed by atoms with Gasteiger partial charge in [-0.2, -0.15) is 4.72 Å². The molecule has 1 N–H and O–H groups in total. The van der Waals surface area contributed by atoms with Gasteiger partial charge in [-0.3, -0.25) is 0 Å². The van der Waals surface area contributed by atoms with Crippen LogP contribution in [0.5, 0.6) is 0 Å². The van der Waals surface area contributed by atoms with Crippen molar-refractivity contribution >= 4 is 10.0 Å². The minimum Gasteiger partial charge on any atom is -0.374 e. The molecule has 0 unspecified atom stereocenters. The van der Waals surface area contributed by atoms with Gasteiger partial charge >= 0.3 is 0 Å². The Hall–Kier alpha value is -3.37. The van der Waals surface area contributed by atoms with E-state index in [2.05, 4.69) is 4.72 Å². The first-order valence-electron chi connectivity index (χ1n) is 14.1. The molecule has 220 valence electrons. The number of nitrogens with one attached hydrogen (secondary N) is 1.